The Balaban J connectivity index is 1.52. The number of aryl methyl sites for hydroxylation is 1. The number of fused-ring (bicyclic) bond motifs is 1. The second-order valence-electron chi connectivity index (χ2n) is 10.2. The fourth-order valence-corrected chi connectivity index (χ4v) is 5.23. The molecule has 1 fully saturated rings. The number of anilines is 2. The molecule has 0 spiro atoms. The number of pyridine rings is 2. The first kappa shape index (κ1) is 28.4. The SMILES string of the molecule is Cc1ccc(NC(=O)c2ccc(Cl)nc2)cc1-c1nc(NC2CCNCC2)nc2c1ccc(=O)n2-c1c(F)cccc1F. The molecular weight excluding hydrogens is 576 g/mol. The van der Waals surface area contributed by atoms with Crippen molar-refractivity contribution < 1.29 is 13.6 Å². The molecule has 4 heterocycles. The monoisotopic (exact) mass is 601 g/mol. The third-order valence-electron chi connectivity index (χ3n) is 7.32. The van der Waals surface area contributed by atoms with Crippen LogP contribution in [0.4, 0.5) is 20.4 Å². The van der Waals surface area contributed by atoms with E-state index in [1.165, 1.54) is 24.4 Å². The maximum atomic E-state index is 15.0. The van der Waals surface area contributed by atoms with Crippen molar-refractivity contribution >= 4 is 40.2 Å². The zero-order valence-corrected chi connectivity index (χ0v) is 23.8. The summed E-state index contributed by atoms with van der Waals surface area (Å²) in [4.78, 5) is 39.5. The molecule has 0 saturated carbocycles. The lowest BCUT2D eigenvalue weighted by Crippen LogP contribution is -2.35. The molecule has 9 nitrogen and oxygen atoms in total. The number of rotatable bonds is 6. The summed E-state index contributed by atoms with van der Waals surface area (Å²) in [6.07, 6.45) is 3.02. The molecule has 0 radical (unpaired) electrons. The van der Waals surface area contributed by atoms with Gasteiger partial charge in [0, 0.05) is 34.9 Å². The maximum Gasteiger partial charge on any atom is 0.257 e. The highest BCUT2D eigenvalue weighted by Gasteiger charge is 2.22. The summed E-state index contributed by atoms with van der Waals surface area (Å²) in [5, 5.41) is 10.2. The van der Waals surface area contributed by atoms with Crippen LogP contribution in [0.3, 0.4) is 0 Å². The van der Waals surface area contributed by atoms with Crippen LogP contribution in [-0.2, 0) is 0 Å². The van der Waals surface area contributed by atoms with Crippen LogP contribution < -0.4 is 21.5 Å². The van der Waals surface area contributed by atoms with Crippen molar-refractivity contribution in [2.24, 2.45) is 0 Å². The minimum absolute atomic E-state index is 0.0408. The van der Waals surface area contributed by atoms with E-state index in [2.05, 4.69) is 25.9 Å². The van der Waals surface area contributed by atoms with Gasteiger partial charge in [0.2, 0.25) is 5.95 Å². The number of hydrogen-bond donors (Lipinski definition) is 3. The van der Waals surface area contributed by atoms with Crippen LogP contribution in [0.15, 0.2) is 71.7 Å². The minimum Gasteiger partial charge on any atom is -0.351 e. The van der Waals surface area contributed by atoms with Crippen LogP contribution in [0, 0.1) is 18.6 Å². The van der Waals surface area contributed by atoms with Crippen molar-refractivity contribution in [2.45, 2.75) is 25.8 Å². The Morgan fingerprint density at radius 2 is 1.79 bits per heavy atom. The fraction of sp³-hybridized carbons (Fsp3) is 0.194. The highest BCUT2D eigenvalue weighted by molar-refractivity contribution is 6.29. The Morgan fingerprint density at radius 3 is 2.51 bits per heavy atom. The smallest absolute Gasteiger partial charge is 0.257 e. The van der Waals surface area contributed by atoms with E-state index in [-0.39, 0.29) is 28.7 Å². The zero-order valence-electron chi connectivity index (χ0n) is 23.0. The molecule has 218 valence electrons. The van der Waals surface area contributed by atoms with Crippen LogP contribution in [-0.4, -0.2) is 44.6 Å². The normalized spacial score (nSPS) is 13.7. The summed E-state index contributed by atoms with van der Waals surface area (Å²) in [6, 6.07) is 14.7. The summed E-state index contributed by atoms with van der Waals surface area (Å²) in [5.41, 5.74) is 1.54. The summed E-state index contributed by atoms with van der Waals surface area (Å²) in [6.45, 7) is 3.50. The molecule has 1 aliphatic rings. The van der Waals surface area contributed by atoms with Crippen molar-refractivity contribution in [1.29, 1.82) is 0 Å². The Kier molecular flexibility index (Phi) is 7.83. The number of halogens is 3. The molecule has 1 aliphatic heterocycles. The lowest BCUT2D eigenvalue weighted by atomic mass is 10.0. The Hall–Kier alpha value is -4.74. The summed E-state index contributed by atoms with van der Waals surface area (Å²) in [7, 11) is 0. The minimum atomic E-state index is -0.903. The van der Waals surface area contributed by atoms with Crippen LogP contribution in [0.25, 0.3) is 28.0 Å². The van der Waals surface area contributed by atoms with Gasteiger partial charge in [-0.2, -0.15) is 4.98 Å². The molecule has 0 unspecified atom stereocenters. The maximum absolute atomic E-state index is 15.0. The largest absolute Gasteiger partial charge is 0.351 e. The molecule has 2 aromatic carbocycles. The first-order valence-electron chi connectivity index (χ1n) is 13.7. The molecule has 0 bridgehead atoms. The van der Waals surface area contributed by atoms with Gasteiger partial charge in [0.25, 0.3) is 11.5 Å². The molecule has 3 N–H and O–H groups in total. The lowest BCUT2D eigenvalue weighted by Gasteiger charge is -2.24. The number of benzene rings is 2. The van der Waals surface area contributed by atoms with Crippen LogP contribution >= 0.6 is 11.6 Å². The van der Waals surface area contributed by atoms with Crippen molar-refractivity contribution in [3.8, 4) is 16.9 Å². The van der Waals surface area contributed by atoms with Gasteiger partial charge in [0.1, 0.15) is 22.5 Å². The number of aromatic nitrogens is 4. The quantitative estimate of drug-likeness (QED) is 0.220. The highest BCUT2D eigenvalue weighted by Crippen LogP contribution is 2.33. The van der Waals surface area contributed by atoms with E-state index < -0.39 is 22.9 Å². The highest BCUT2D eigenvalue weighted by atomic mass is 35.5. The first-order valence-corrected chi connectivity index (χ1v) is 14.1. The van der Waals surface area contributed by atoms with Crippen molar-refractivity contribution in [3.63, 3.8) is 0 Å². The number of nitrogens with one attached hydrogen (secondary N) is 3. The Morgan fingerprint density at radius 1 is 1.02 bits per heavy atom. The van der Waals surface area contributed by atoms with Gasteiger partial charge in [0.15, 0.2) is 5.65 Å². The molecule has 6 rings (SSSR count). The van der Waals surface area contributed by atoms with Crippen molar-refractivity contribution in [3.05, 3.63) is 105 Å². The topological polar surface area (TPSA) is 114 Å². The van der Waals surface area contributed by atoms with E-state index in [9.17, 15) is 9.59 Å². The molecule has 43 heavy (non-hydrogen) atoms. The molecule has 0 aliphatic carbocycles. The molecule has 5 aromatic rings. The number of carbonyl (C=O) groups is 1. The van der Waals surface area contributed by atoms with Gasteiger partial charge in [-0.05, 0) is 80.9 Å². The Labute approximate surface area is 250 Å². The predicted molar refractivity (Wildman–Crippen MR) is 162 cm³/mol. The van der Waals surface area contributed by atoms with E-state index in [1.54, 1.807) is 24.3 Å². The molecule has 12 heteroatoms. The van der Waals surface area contributed by atoms with E-state index in [4.69, 9.17) is 16.6 Å². The summed E-state index contributed by atoms with van der Waals surface area (Å²) in [5.74, 6) is -1.98. The number of amides is 1. The number of carbonyl (C=O) groups excluding carboxylic acids is 1. The van der Waals surface area contributed by atoms with E-state index in [0.29, 0.717) is 27.9 Å². The van der Waals surface area contributed by atoms with Gasteiger partial charge in [0.05, 0.1) is 11.3 Å². The molecular formula is C31H26ClF2N7O2. The first-order chi connectivity index (χ1) is 20.8. The Bertz CT molecular complexity index is 1890. The van der Waals surface area contributed by atoms with Crippen molar-refractivity contribution in [1.82, 2.24) is 24.8 Å². The van der Waals surface area contributed by atoms with E-state index >= 15 is 8.78 Å². The van der Waals surface area contributed by atoms with Crippen LogP contribution in [0.5, 0.6) is 0 Å². The molecule has 0 atom stereocenters. The van der Waals surface area contributed by atoms with Gasteiger partial charge in [-0.3, -0.25) is 14.2 Å². The summed E-state index contributed by atoms with van der Waals surface area (Å²) >= 11 is 5.86. The number of hydrogen-bond acceptors (Lipinski definition) is 7. The molecule has 3 aromatic heterocycles. The van der Waals surface area contributed by atoms with Crippen molar-refractivity contribution in [2.75, 3.05) is 23.7 Å². The van der Waals surface area contributed by atoms with Gasteiger partial charge in [-0.25, -0.2) is 18.7 Å². The van der Waals surface area contributed by atoms with Crippen LogP contribution in [0.2, 0.25) is 5.15 Å². The van der Waals surface area contributed by atoms with Gasteiger partial charge >= 0.3 is 0 Å². The fourth-order valence-electron chi connectivity index (χ4n) is 5.12. The number of piperidine rings is 1. The third kappa shape index (κ3) is 5.81. The standard InChI is InChI=1S/C31H26ClF2N7O2/c1-17-5-7-20(37-30(43)18-6-9-25(32)36-16-18)15-22(17)27-21-8-10-26(42)41(28-23(33)3-2-4-24(28)34)29(21)40-31(39-27)38-19-11-13-35-14-12-19/h2-10,15-16,19,35H,11-14H2,1H3,(H,37,43)(H,38,39,40). The molecule has 1 amide bonds. The van der Waals surface area contributed by atoms with Crippen LogP contribution in [0.1, 0.15) is 28.8 Å². The summed E-state index contributed by atoms with van der Waals surface area (Å²) < 4.78 is 31.0. The van der Waals surface area contributed by atoms with Gasteiger partial charge < -0.3 is 16.0 Å². The third-order valence-corrected chi connectivity index (χ3v) is 7.55. The predicted octanol–water partition coefficient (Wildman–Crippen LogP) is 5.50. The van der Waals surface area contributed by atoms with E-state index in [0.717, 1.165) is 48.2 Å². The number of nitrogens with zero attached hydrogens (tertiary/aromatic N) is 4. The second kappa shape index (κ2) is 11.9. The average molecular weight is 602 g/mol. The van der Waals surface area contributed by atoms with Gasteiger partial charge in [-0.15, -0.1) is 0 Å². The average Bonchev–Trinajstić information content (AvgIpc) is 2.99. The lowest BCUT2D eigenvalue weighted by molar-refractivity contribution is 0.102. The van der Waals surface area contributed by atoms with E-state index in [1.807, 2.05) is 13.0 Å². The van der Waals surface area contributed by atoms with Gasteiger partial charge in [-0.1, -0.05) is 23.7 Å². The second-order valence-corrected chi connectivity index (χ2v) is 10.6. The molecule has 1 saturated heterocycles. The number of para-hydroxylation sites is 1. The zero-order chi connectivity index (χ0) is 30.1.